The summed E-state index contributed by atoms with van der Waals surface area (Å²) in [5, 5.41) is 14.2. The molecule has 0 aliphatic rings. The maximum atomic E-state index is 6.74. The van der Waals surface area contributed by atoms with Crippen LogP contribution < -0.4 is 0 Å². The van der Waals surface area contributed by atoms with E-state index in [9.17, 15) is 0 Å². The lowest BCUT2D eigenvalue weighted by atomic mass is 10.4. The molecule has 1 aromatic heterocycles. The van der Waals surface area contributed by atoms with Crippen molar-refractivity contribution in [2.24, 2.45) is 0 Å². The highest BCUT2D eigenvalue weighted by molar-refractivity contribution is 6.29. The molecule has 0 amide bonds. The third-order valence-electron chi connectivity index (χ3n) is 0.801. The first-order valence-corrected chi connectivity index (χ1v) is 2.70. The van der Waals surface area contributed by atoms with Gasteiger partial charge in [-0.1, -0.05) is 11.6 Å². The van der Waals surface area contributed by atoms with Crippen molar-refractivity contribution in [3.8, 4) is 0 Å². The van der Waals surface area contributed by atoms with Gasteiger partial charge < -0.3 is 5.41 Å². The monoisotopic (exact) mass is 177 g/mol. The summed E-state index contributed by atoms with van der Waals surface area (Å²) in [6.45, 7) is 0. The Morgan fingerprint density at radius 3 is 2.50 bits per heavy atom. The average Bonchev–Trinajstić information content (AvgIpc) is 1.90. The van der Waals surface area contributed by atoms with Crippen LogP contribution in [0.25, 0.3) is 0 Å². The predicted octanol–water partition coefficient (Wildman–Crippen LogP) is 1.55. The topological polar surface area (TPSA) is 49.6 Å². The second-order valence-corrected chi connectivity index (χ2v) is 1.81. The highest BCUT2D eigenvalue weighted by Gasteiger charge is 1.88. The molecule has 10 heavy (non-hydrogen) atoms. The minimum atomic E-state index is 0. The molecule has 0 aliphatic carbocycles. The van der Waals surface area contributed by atoms with Crippen LogP contribution in [0.4, 0.5) is 0 Å². The molecule has 0 unspecified atom stereocenters. The molecule has 1 heterocycles. The number of nitrogens with zero attached hydrogens (tertiary/aromatic N) is 2. The van der Waals surface area contributed by atoms with E-state index in [0.29, 0.717) is 10.8 Å². The molecule has 0 aromatic carbocycles. The van der Waals surface area contributed by atoms with E-state index in [-0.39, 0.29) is 12.4 Å². The molecule has 0 radical (unpaired) electrons. The molecule has 0 fully saturated rings. The van der Waals surface area contributed by atoms with Crippen molar-refractivity contribution in [1.82, 2.24) is 10.2 Å². The van der Waals surface area contributed by atoms with Crippen LogP contribution in [-0.2, 0) is 0 Å². The summed E-state index contributed by atoms with van der Waals surface area (Å²) < 4.78 is 0. The largest absolute Gasteiger partial charge is 0.306 e. The second kappa shape index (κ2) is 4.19. The van der Waals surface area contributed by atoms with E-state index < -0.39 is 0 Å². The third kappa shape index (κ3) is 2.29. The first-order chi connectivity index (χ1) is 4.33. The molecule has 1 aromatic rings. The molecule has 54 valence electrons. The molecule has 0 spiro atoms. The fraction of sp³-hybridized carbons (Fsp3) is 0. The summed E-state index contributed by atoms with van der Waals surface area (Å²) in [4.78, 5) is 0. The van der Waals surface area contributed by atoms with Crippen LogP contribution in [0.2, 0.25) is 5.15 Å². The maximum Gasteiger partial charge on any atom is 0.151 e. The minimum absolute atomic E-state index is 0. The molecule has 1 N–H and O–H groups in total. The van der Waals surface area contributed by atoms with Crippen molar-refractivity contribution in [3.63, 3.8) is 0 Å². The quantitative estimate of drug-likeness (QED) is 0.663. The first kappa shape index (κ1) is 9.33. The molecule has 5 heteroatoms. The Morgan fingerprint density at radius 2 is 2.10 bits per heavy atom. The van der Waals surface area contributed by atoms with Gasteiger partial charge in [-0.3, -0.25) is 0 Å². The van der Waals surface area contributed by atoms with Crippen LogP contribution >= 0.6 is 24.0 Å². The number of aromatic nitrogens is 2. The van der Waals surface area contributed by atoms with Crippen molar-refractivity contribution >= 4 is 30.2 Å². The molecule has 0 atom stereocenters. The maximum absolute atomic E-state index is 6.74. The number of nitrogens with one attached hydrogen (secondary N) is 1. The Bertz CT molecular complexity index is 209. The van der Waals surface area contributed by atoms with Crippen molar-refractivity contribution in [3.05, 3.63) is 23.0 Å². The summed E-state index contributed by atoms with van der Waals surface area (Å²) in [5.41, 5.74) is 0.513. The summed E-state index contributed by atoms with van der Waals surface area (Å²) in [5.74, 6) is 0. The Balaban J connectivity index is 0.000000810. The molecule has 3 nitrogen and oxygen atoms in total. The molecule has 0 saturated carbocycles. The van der Waals surface area contributed by atoms with Crippen molar-refractivity contribution in [1.29, 1.82) is 5.41 Å². The summed E-state index contributed by atoms with van der Waals surface area (Å²) in [6, 6.07) is 3.22. The zero-order chi connectivity index (χ0) is 6.69. The molecule has 0 bridgehead atoms. The number of rotatable bonds is 1. The van der Waals surface area contributed by atoms with Gasteiger partial charge in [-0.05, 0) is 12.1 Å². The summed E-state index contributed by atoms with van der Waals surface area (Å²) >= 11 is 5.42. The Labute approximate surface area is 69.3 Å². The molecule has 1 rings (SSSR count). The smallest absolute Gasteiger partial charge is 0.151 e. The van der Waals surface area contributed by atoms with Crippen LogP contribution in [0.3, 0.4) is 0 Å². The van der Waals surface area contributed by atoms with Gasteiger partial charge in [0.25, 0.3) is 0 Å². The van der Waals surface area contributed by atoms with Gasteiger partial charge >= 0.3 is 0 Å². The SMILES string of the molecule is Cl.N=Cc1ccc(Cl)nn1. The van der Waals surface area contributed by atoms with Gasteiger partial charge in [-0.25, -0.2) is 0 Å². The normalized spacial score (nSPS) is 8.10. The number of halogens is 2. The van der Waals surface area contributed by atoms with E-state index in [1.165, 1.54) is 0 Å². The fourth-order valence-corrected chi connectivity index (χ4v) is 0.504. The molecule has 0 aliphatic heterocycles. The van der Waals surface area contributed by atoms with Gasteiger partial charge in [0.15, 0.2) is 5.15 Å². The predicted molar refractivity (Wildman–Crippen MR) is 42.2 cm³/mol. The van der Waals surface area contributed by atoms with E-state index >= 15 is 0 Å². The van der Waals surface area contributed by atoms with Gasteiger partial charge in [0.1, 0.15) is 5.69 Å². The summed E-state index contributed by atoms with van der Waals surface area (Å²) in [7, 11) is 0. The van der Waals surface area contributed by atoms with E-state index in [0.717, 1.165) is 6.21 Å². The number of hydrogen-bond acceptors (Lipinski definition) is 3. The van der Waals surface area contributed by atoms with Gasteiger partial charge in [0.2, 0.25) is 0 Å². The molecule has 0 saturated heterocycles. The standard InChI is InChI=1S/C5H4ClN3.ClH/c6-5-2-1-4(3-7)8-9-5;/h1-3,7H;1H. The van der Waals surface area contributed by atoms with Crippen molar-refractivity contribution in [2.45, 2.75) is 0 Å². The average molecular weight is 178 g/mol. The highest BCUT2D eigenvalue weighted by atomic mass is 35.5. The lowest BCUT2D eigenvalue weighted by molar-refractivity contribution is 1.02. The third-order valence-corrected chi connectivity index (χ3v) is 1.00. The van der Waals surface area contributed by atoms with E-state index in [1.807, 2.05) is 0 Å². The van der Waals surface area contributed by atoms with Gasteiger partial charge in [0.05, 0.1) is 0 Å². The lowest BCUT2D eigenvalue weighted by Crippen LogP contribution is -1.88. The van der Waals surface area contributed by atoms with E-state index in [4.69, 9.17) is 17.0 Å². The Morgan fingerprint density at radius 1 is 1.40 bits per heavy atom. The fourth-order valence-electron chi connectivity index (χ4n) is 0.403. The summed E-state index contributed by atoms with van der Waals surface area (Å²) in [6.07, 6.45) is 1.11. The van der Waals surface area contributed by atoms with Crippen LogP contribution in [0.15, 0.2) is 12.1 Å². The zero-order valence-corrected chi connectivity index (χ0v) is 6.49. The van der Waals surface area contributed by atoms with Gasteiger partial charge in [-0.15, -0.1) is 22.6 Å². The first-order valence-electron chi connectivity index (χ1n) is 2.32. The highest BCUT2D eigenvalue weighted by Crippen LogP contribution is 1.99. The van der Waals surface area contributed by atoms with Gasteiger partial charge in [0, 0.05) is 6.21 Å². The van der Waals surface area contributed by atoms with Crippen LogP contribution in [-0.4, -0.2) is 16.4 Å². The second-order valence-electron chi connectivity index (χ2n) is 1.43. The lowest BCUT2D eigenvalue weighted by Gasteiger charge is -1.86. The van der Waals surface area contributed by atoms with E-state index in [2.05, 4.69) is 10.2 Å². The Hall–Kier alpha value is -0.670. The van der Waals surface area contributed by atoms with E-state index in [1.54, 1.807) is 12.1 Å². The number of hydrogen-bond donors (Lipinski definition) is 1. The van der Waals surface area contributed by atoms with Crippen LogP contribution in [0.5, 0.6) is 0 Å². The van der Waals surface area contributed by atoms with Gasteiger partial charge in [-0.2, -0.15) is 0 Å². The molecular weight excluding hydrogens is 173 g/mol. The zero-order valence-electron chi connectivity index (χ0n) is 4.91. The Kier molecular flexibility index (Phi) is 3.91. The molecular formula is C5H5Cl2N3. The minimum Gasteiger partial charge on any atom is -0.306 e. The van der Waals surface area contributed by atoms with Crippen LogP contribution in [0, 0.1) is 5.41 Å². The van der Waals surface area contributed by atoms with Crippen molar-refractivity contribution < 1.29 is 0 Å². The van der Waals surface area contributed by atoms with Crippen LogP contribution in [0.1, 0.15) is 5.69 Å². The van der Waals surface area contributed by atoms with Crippen molar-refractivity contribution in [2.75, 3.05) is 0 Å².